The molecule has 5 aromatic carbocycles. The molecule has 0 fully saturated rings. The summed E-state index contributed by atoms with van der Waals surface area (Å²) in [5, 5.41) is 5.82. The van der Waals surface area contributed by atoms with Gasteiger partial charge in [0.05, 0.1) is 26.2 Å². The molecule has 0 heterocycles. The summed E-state index contributed by atoms with van der Waals surface area (Å²) in [6.45, 7) is 0. The van der Waals surface area contributed by atoms with Crippen molar-refractivity contribution in [3.63, 3.8) is 0 Å². The Morgan fingerprint density at radius 1 is 0.725 bits per heavy atom. The molecule has 40 heavy (non-hydrogen) atoms. The molecule has 1 amide bonds. The van der Waals surface area contributed by atoms with Gasteiger partial charge in [-0.05, 0) is 72.1 Å². The first-order valence-corrected chi connectivity index (χ1v) is 14.6. The van der Waals surface area contributed by atoms with Crippen LogP contribution in [0, 0.1) is 0 Å². The highest BCUT2D eigenvalue weighted by atomic mass is 35.5. The highest BCUT2D eigenvalue weighted by molar-refractivity contribution is 7.92. The molecule has 0 aliphatic carbocycles. The van der Waals surface area contributed by atoms with Crippen LogP contribution < -0.4 is 14.8 Å². The van der Waals surface area contributed by atoms with Gasteiger partial charge in [0.15, 0.2) is 0 Å². The average Bonchev–Trinajstić information content (AvgIpc) is 2.93. The molecule has 0 radical (unpaired) electrons. The van der Waals surface area contributed by atoms with Gasteiger partial charge in [-0.25, -0.2) is 8.42 Å². The van der Waals surface area contributed by atoms with Gasteiger partial charge >= 0.3 is 0 Å². The first kappa shape index (κ1) is 28.1. The molecule has 2 N–H and O–H groups in total. The Balaban J connectivity index is 1.36. The Morgan fingerprint density at radius 2 is 1.43 bits per heavy atom. The topological polar surface area (TPSA) is 84.5 Å². The summed E-state index contributed by atoms with van der Waals surface area (Å²) in [7, 11) is -4.01. The number of hydrogen-bond acceptors (Lipinski definition) is 4. The maximum absolute atomic E-state index is 13.2. The summed E-state index contributed by atoms with van der Waals surface area (Å²) in [5.41, 5.74) is 0.386. The van der Waals surface area contributed by atoms with Crippen molar-refractivity contribution in [3.05, 3.63) is 123 Å². The van der Waals surface area contributed by atoms with E-state index in [0.29, 0.717) is 27.2 Å². The van der Waals surface area contributed by atoms with Gasteiger partial charge in [-0.2, -0.15) is 0 Å². The monoisotopic (exact) mass is 630 g/mol. The number of hydrogen-bond donors (Lipinski definition) is 2. The van der Waals surface area contributed by atoms with Gasteiger partial charge in [0.1, 0.15) is 11.5 Å². The van der Waals surface area contributed by atoms with Crippen LogP contribution >= 0.6 is 46.4 Å². The largest absolute Gasteiger partial charge is 0.454 e. The Labute approximate surface area is 250 Å². The smallest absolute Gasteiger partial charge is 0.261 e. The molecule has 0 bridgehead atoms. The van der Waals surface area contributed by atoms with E-state index in [1.54, 1.807) is 18.2 Å². The molecule has 0 unspecified atom stereocenters. The molecule has 0 atom stereocenters. The van der Waals surface area contributed by atoms with Crippen LogP contribution in [0.1, 0.15) is 10.4 Å². The number of fused-ring (bicyclic) bond motifs is 1. The van der Waals surface area contributed by atoms with Crippen LogP contribution in [0.5, 0.6) is 11.5 Å². The second-order valence-electron chi connectivity index (χ2n) is 8.55. The van der Waals surface area contributed by atoms with Crippen LogP contribution in [0.2, 0.25) is 20.1 Å². The second-order valence-corrected chi connectivity index (χ2v) is 11.9. The standard InChI is InChI=1S/C29H18Cl4N2O4S/c30-18-6-10-21(11-7-18)40(37,38)35-25-12-8-19(31)15-23(25)29(36)34-20-9-14-26(24(32)16-20)39-27-13-5-17-3-1-2-4-22(17)28(27)33/h1-16,35H,(H,34,36). The van der Waals surface area contributed by atoms with Crippen LogP contribution in [0.25, 0.3) is 10.8 Å². The van der Waals surface area contributed by atoms with Crippen LogP contribution in [0.3, 0.4) is 0 Å². The van der Waals surface area contributed by atoms with E-state index >= 15 is 0 Å². The third-order valence-corrected chi connectivity index (χ3v) is 8.39. The van der Waals surface area contributed by atoms with Gasteiger partial charge in [-0.15, -0.1) is 0 Å². The first-order valence-electron chi connectivity index (χ1n) is 11.6. The Hall–Kier alpha value is -3.46. The maximum Gasteiger partial charge on any atom is 0.261 e. The van der Waals surface area contributed by atoms with Gasteiger partial charge in [-0.3, -0.25) is 9.52 Å². The van der Waals surface area contributed by atoms with Crippen molar-refractivity contribution in [1.29, 1.82) is 0 Å². The fourth-order valence-electron chi connectivity index (χ4n) is 3.88. The number of ether oxygens (including phenoxy) is 1. The number of halogens is 4. The number of nitrogens with one attached hydrogen (secondary N) is 2. The van der Waals surface area contributed by atoms with Gasteiger partial charge in [0, 0.05) is 21.1 Å². The van der Waals surface area contributed by atoms with Crippen molar-refractivity contribution in [2.45, 2.75) is 4.90 Å². The number of amides is 1. The minimum Gasteiger partial charge on any atom is -0.454 e. The number of benzene rings is 5. The van der Waals surface area contributed by atoms with Crippen LogP contribution in [-0.4, -0.2) is 14.3 Å². The molecule has 0 spiro atoms. The Morgan fingerprint density at radius 3 is 2.17 bits per heavy atom. The Bertz CT molecular complexity index is 1860. The third-order valence-electron chi connectivity index (χ3n) is 5.83. The van der Waals surface area contributed by atoms with E-state index in [1.807, 2.05) is 30.3 Å². The Kier molecular flexibility index (Phi) is 8.12. The molecule has 0 saturated heterocycles. The predicted octanol–water partition coefficient (Wildman–Crippen LogP) is 9.30. The molecule has 0 aliphatic rings. The summed E-state index contributed by atoms with van der Waals surface area (Å²) < 4.78 is 34.2. The summed E-state index contributed by atoms with van der Waals surface area (Å²) in [6, 6.07) is 25.8. The van der Waals surface area contributed by atoms with E-state index in [0.717, 1.165) is 10.8 Å². The SMILES string of the molecule is O=C(Nc1ccc(Oc2ccc3ccccc3c2Cl)c(Cl)c1)c1cc(Cl)ccc1NS(=O)(=O)c1ccc(Cl)cc1. The van der Waals surface area contributed by atoms with Gasteiger partial charge < -0.3 is 10.1 Å². The summed E-state index contributed by atoms with van der Waals surface area (Å²) in [4.78, 5) is 13.2. The number of anilines is 2. The molecule has 0 aromatic heterocycles. The average molecular weight is 632 g/mol. The van der Waals surface area contributed by atoms with Gasteiger partial charge in [0.2, 0.25) is 0 Å². The highest BCUT2D eigenvalue weighted by Crippen LogP contribution is 2.38. The highest BCUT2D eigenvalue weighted by Gasteiger charge is 2.20. The first-order chi connectivity index (χ1) is 19.1. The summed E-state index contributed by atoms with van der Waals surface area (Å²) >= 11 is 25.0. The second kappa shape index (κ2) is 11.6. The molecular formula is C29H18Cl4N2O4S. The number of carbonyl (C=O) groups is 1. The summed E-state index contributed by atoms with van der Waals surface area (Å²) in [6.07, 6.45) is 0. The van der Waals surface area contributed by atoms with Crippen molar-refractivity contribution in [1.82, 2.24) is 0 Å². The van der Waals surface area contributed by atoms with Crippen LogP contribution in [0.4, 0.5) is 11.4 Å². The van der Waals surface area contributed by atoms with Gasteiger partial charge in [-0.1, -0.05) is 76.7 Å². The molecule has 5 aromatic rings. The van der Waals surface area contributed by atoms with E-state index in [2.05, 4.69) is 10.0 Å². The lowest BCUT2D eigenvalue weighted by Crippen LogP contribution is -2.18. The maximum atomic E-state index is 13.2. The number of sulfonamides is 1. The lowest BCUT2D eigenvalue weighted by atomic mass is 10.1. The van der Waals surface area contributed by atoms with Crippen molar-refractivity contribution in [2.24, 2.45) is 0 Å². The minimum atomic E-state index is -4.01. The molecule has 5 rings (SSSR count). The number of carbonyl (C=O) groups excluding carboxylic acids is 1. The van der Waals surface area contributed by atoms with E-state index in [1.165, 1.54) is 48.5 Å². The van der Waals surface area contributed by atoms with Crippen LogP contribution in [0.15, 0.2) is 102 Å². The van der Waals surface area contributed by atoms with Crippen molar-refractivity contribution in [2.75, 3.05) is 10.0 Å². The zero-order valence-corrected chi connectivity index (χ0v) is 24.1. The van der Waals surface area contributed by atoms with E-state index in [9.17, 15) is 13.2 Å². The molecule has 11 heteroatoms. The fraction of sp³-hybridized carbons (Fsp3) is 0. The third kappa shape index (κ3) is 6.14. The fourth-order valence-corrected chi connectivity index (χ4v) is 5.75. The van der Waals surface area contributed by atoms with Crippen molar-refractivity contribution >= 4 is 84.5 Å². The quantitative estimate of drug-likeness (QED) is 0.187. The van der Waals surface area contributed by atoms with Gasteiger partial charge in [0.25, 0.3) is 15.9 Å². The predicted molar refractivity (Wildman–Crippen MR) is 162 cm³/mol. The van der Waals surface area contributed by atoms with Crippen LogP contribution in [-0.2, 0) is 10.0 Å². The molecule has 202 valence electrons. The number of rotatable bonds is 7. The molecular weight excluding hydrogens is 614 g/mol. The molecule has 0 aliphatic heterocycles. The zero-order chi connectivity index (χ0) is 28.4. The molecule has 6 nitrogen and oxygen atoms in total. The van der Waals surface area contributed by atoms with E-state index < -0.39 is 15.9 Å². The lowest BCUT2D eigenvalue weighted by molar-refractivity contribution is 0.102. The summed E-state index contributed by atoms with van der Waals surface area (Å²) in [5.74, 6) is 0.144. The lowest BCUT2D eigenvalue weighted by Gasteiger charge is -2.15. The minimum absolute atomic E-state index is 0.00410. The normalized spacial score (nSPS) is 11.3. The van der Waals surface area contributed by atoms with Crippen molar-refractivity contribution < 1.29 is 17.9 Å². The van der Waals surface area contributed by atoms with Crippen molar-refractivity contribution in [3.8, 4) is 11.5 Å². The molecule has 0 saturated carbocycles. The van der Waals surface area contributed by atoms with E-state index in [4.69, 9.17) is 51.1 Å². The van der Waals surface area contributed by atoms with E-state index in [-0.39, 0.29) is 26.2 Å². The zero-order valence-electron chi connectivity index (χ0n) is 20.3.